The molecular formula is C19H18ClNO3. The van der Waals surface area contributed by atoms with Crippen LogP contribution in [-0.2, 0) is 9.59 Å². The molecule has 5 heteroatoms. The number of rotatable bonds is 3. The number of benzene rings is 2. The third-order valence-electron chi connectivity index (χ3n) is 4.34. The lowest BCUT2D eigenvalue weighted by Crippen LogP contribution is -2.42. The number of imide groups is 1. The number of anilines is 1. The molecule has 0 saturated carbocycles. The molecule has 0 radical (unpaired) electrons. The summed E-state index contributed by atoms with van der Waals surface area (Å²) in [5.41, 5.74) is 2.42. The van der Waals surface area contributed by atoms with Crippen molar-refractivity contribution in [3.8, 4) is 5.75 Å². The number of carbonyl (C=O) groups excluding carboxylic acids is 2. The van der Waals surface area contributed by atoms with E-state index in [-0.39, 0.29) is 17.7 Å². The Bertz CT molecular complexity index is 768. The van der Waals surface area contributed by atoms with E-state index >= 15 is 0 Å². The van der Waals surface area contributed by atoms with Crippen LogP contribution in [0.1, 0.15) is 29.9 Å². The Morgan fingerprint density at radius 1 is 1.04 bits per heavy atom. The Kier molecular flexibility index (Phi) is 4.58. The number of nitrogens with zero attached hydrogens (tertiary/aromatic N) is 1. The summed E-state index contributed by atoms with van der Waals surface area (Å²) in [4.78, 5) is 26.3. The molecule has 3 rings (SSSR count). The summed E-state index contributed by atoms with van der Waals surface area (Å²) in [5.74, 6) is 0.246. The van der Waals surface area contributed by atoms with E-state index in [1.165, 1.54) is 4.90 Å². The predicted molar refractivity (Wildman–Crippen MR) is 93.7 cm³/mol. The molecule has 1 aliphatic heterocycles. The fraction of sp³-hybridized carbons (Fsp3) is 0.263. The number of piperidine rings is 1. The number of ether oxygens (including phenoxy) is 1. The van der Waals surface area contributed by atoms with Crippen LogP contribution < -0.4 is 9.64 Å². The van der Waals surface area contributed by atoms with Gasteiger partial charge in [0.25, 0.3) is 0 Å². The zero-order valence-corrected chi connectivity index (χ0v) is 14.3. The number of carbonyl (C=O) groups is 2. The number of halogens is 1. The van der Waals surface area contributed by atoms with E-state index in [9.17, 15) is 9.59 Å². The van der Waals surface area contributed by atoms with Crippen molar-refractivity contribution in [3.05, 3.63) is 58.6 Å². The maximum atomic E-state index is 12.5. The Morgan fingerprint density at radius 2 is 1.67 bits per heavy atom. The molecule has 2 amide bonds. The molecule has 0 unspecified atom stereocenters. The van der Waals surface area contributed by atoms with E-state index in [0.717, 1.165) is 16.9 Å². The lowest BCUT2D eigenvalue weighted by Gasteiger charge is -2.30. The molecule has 1 fully saturated rings. The fourth-order valence-electron chi connectivity index (χ4n) is 2.94. The van der Waals surface area contributed by atoms with Gasteiger partial charge in [-0.05, 0) is 42.3 Å². The standard InChI is InChI=1S/C19H18ClNO3/c1-12-3-6-15(11-17(12)20)21-18(22)9-14(10-19(21)23)13-4-7-16(24-2)8-5-13/h3-8,11,14H,9-10H2,1-2H3. The van der Waals surface area contributed by atoms with Crippen LogP contribution in [0.25, 0.3) is 0 Å². The number of hydrogen-bond donors (Lipinski definition) is 0. The smallest absolute Gasteiger partial charge is 0.234 e. The van der Waals surface area contributed by atoms with Gasteiger partial charge in [0.2, 0.25) is 11.8 Å². The van der Waals surface area contributed by atoms with Crippen LogP contribution in [0, 0.1) is 6.92 Å². The second-order valence-electron chi connectivity index (χ2n) is 5.93. The summed E-state index contributed by atoms with van der Waals surface area (Å²) in [6.07, 6.45) is 0.590. The molecule has 0 aliphatic carbocycles. The predicted octanol–water partition coefficient (Wildman–Crippen LogP) is 4.09. The van der Waals surface area contributed by atoms with E-state index in [0.29, 0.717) is 23.6 Å². The first-order chi connectivity index (χ1) is 11.5. The number of methoxy groups -OCH3 is 1. The van der Waals surface area contributed by atoms with Crippen molar-refractivity contribution >= 4 is 29.1 Å². The van der Waals surface area contributed by atoms with Crippen LogP contribution in [0.3, 0.4) is 0 Å². The van der Waals surface area contributed by atoms with E-state index in [4.69, 9.17) is 16.3 Å². The molecule has 124 valence electrons. The summed E-state index contributed by atoms with van der Waals surface area (Å²) in [6.45, 7) is 1.88. The van der Waals surface area contributed by atoms with Gasteiger partial charge >= 0.3 is 0 Å². The quantitative estimate of drug-likeness (QED) is 0.788. The summed E-state index contributed by atoms with van der Waals surface area (Å²) < 4.78 is 5.14. The molecule has 1 saturated heterocycles. The second kappa shape index (κ2) is 6.65. The summed E-state index contributed by atoms with van der Waals surface area (Å²) in [5, 5.41) is 0.547. The molecule has 0 aromatic heterocycles. The van der Waals surface area contributed by atoms with E-state index < -0.39 is 0 Å². The van der Waals surface area contributed by atoms with Crippen molar-refractivity contribution in [1.29, 1.82) is 0 Å². The van der Waals surface area contributed by atoms with Crippen molar-refractivity contribution in [3.63, 3.8) is 0 Å². The van der Waals surface area contributed by atoms with E-state index in [1.807, 2.05) is 37.3 Å². The van der Waals surface area contributed by atoms with Crippen molar-refractivity contribution in [1.82, 2.24) is 0 Å². The maximum Gasteiger partial charge on any atom is 0.234 e. The lowest BCUT2D eigenvalue weighted by atomic mass is 9.88. The molecule has 0 atom stereocenters. The Labute approximate surface area is 146 Å². The second-order valence-corrected chi connectivity index (χ2v) is 6.34. The molecule has 24 heavy (non-hydrogen) atoms. The van der Waals surface area contributed by atoms with Gasteiger partial charge in [-0.15, -0.1) is 0 Å². The zero-order chi connectivity index (χ0) is 17.3. The van der Waals surface area contributed by atoms with Gasteiger partial charge in [0.05, 0.1) is 12.8 Å². The van der Waals surface area contributed by atoms with Gasteiger partial charge in [-0.2, -0.15) is 0 Å². The van der Waals surface area contributed by atoms with E-state index in [2.05, 4.69) is 0 Å². The molecule has 0 N–H and O–H groups in total. The normalized spacial score (nSPS) is 15.7. The topological polar surface area (TPSA) is 46.6 Å². The number of aryl methyl sites for hydroxylation is 1. The maximum absolute atomic E-state index is 12.5. The van der Waals surface area contributed by atoms with Gasteiger partial charge in [0.15, 0.2) is 0 Å². The van der Waals surface area contributed by atoms with Crippen LogP contribution in [0.4, 0.5) is 5.69 Å². The molecule has 1 heterocycles. The van der Waals surface area contributed by atoms with Crippen molar-refractivity contribution < 1.29 is 14.3 Å². The summed E-state index contributed by atoms with van der Waals surface area (Å²) in [7, 11) is 1.60. The highest BCUT2D eigenvalue weighted by Gasteiger charge is 2.34. The summed E-state index contributed by atoms with van der Waals surface area (Å²) >= 11 is 6.12. The Morgan fingerprint density at radius 3 is 2.21 bits per heavy atom. The SMILES string of the molecule is COc1ccc(C2CC(=O)N(c3ccc(C)c(Cl)c3)C(=O)C2)cc1. The van der Waals surface area contributed by atoms with Gasteiger partial charge in [-0.3, -0.25) is 14.5 Å². The van der Waals surface area contributed by atoms with Gasteiger partial charge in [-0.25, -0.2) is 0 Å². The first-order valence-electron chi connectivity index (χ1n) is 7.75. The molecule has 0 bridgehead atoms. The largest absolute Gasteiger partial charge is 0.497 e. The minimum absolute atomic E-state index is 0.104. The van der Waals surface area contributed by atoms with Crippen LogP contribution >= 0.6 is 11.6 Å². The molecule has 1 aliphatic rings. The van der Waals surface area contributed by atoms with Crippen LogP contribution in [-0.4, -0.2) is 18.9 Å². The average Bonchev–Trinajstić information content (AvgIpc) is 2.57. The zero-order valence-electron chi connectivity index (χ0n) is 13.6. The van der Waals surface area contributed by atoms with Gasteiger partial charge < -0.3 is 4.74 Å². The van der Waals surface area contributed by atoms with Crippen LogP contribution in [0.15, 0.2) is 42.5 Å². The highest BCUT2D eigenvalue weighted by Crippen LogP contribution is 2.34. The summed E-state index contributed by atoms with van der Waals surface area (Å²) in [6, 6.07) is 12.7. The highest BCUT2D eigenvalue weighted by atomic mass is 35.5. The fourth-order valence-corrected chi connectivity index (χ4v) is 3.11. The van der Waals surface area contributed by atoms with Crippen molar-refractivity contribution in [2.45, 2.75) is 25.7 Å². The monoisotopic (exact) mass is 343 g/mol. The third-order valence-corrected chi connectivity index (χ3v) is 4.75. The van der Waals surface area contributed by atoms with Crippen LogP contribution in [0.2, 0.25) is 5.02 Å². The Hall–Kier alpha value is -2.33. The first-order valence-corrected chi connectivity index (χ1v) is 8.13. The molecule has 2 aromatic carbocycles. The highest BCUT2D eigenvalue weighted by molar-refractivity contribution is 6.32. The minimum Gasteiger partial charge on any atom is -0.497 e. The minimum atomic E-state index is -0.202. The van der Waals surface area contributed by atoms with E-state index in [1.54, 1.807) is 19.2 Å². The van der Waals surface area contributed by atoms with Crippen molar-refractivity contribution in [2.75, 3.05) is 12.0 Å². The number of hydrogen-bond acceptors (Lipinski definition) is 3. The van der Waals surface area contributed by atoms with Gasteiger partial charge in [-0.1, -0.05) is 29.8 Å². The van der Waals surface area contributed by atoms with Crippen molar-refractivity contribution in [2.24, 2.45) is 0 Å². The number of amides is 2. The molecule has 2 aromatic rings. The first kappa shape index (κ1) is 16.5. The van der Waals surface area contributed by atoms with Gasteiger partial charge in [0, 0.05) is 23.8 Å². The lowest BCUT2D eigenvalue weighted by molar-refractivity contribution is -0.129. The third kappa shape index (κ3) is 3.15. The van der Waals surface area contributed by atoms with Crippen LogP contribution in [0.5, 0.6) is 5.75 Å². The average molecular weight is 344 g/mol. The molecule has 0 spiro atoms. The molecule has 4 nitrogen and oxygen atoms in total. The molecular weight excluding hydrogens is 326 g/mol. The Balaban J connectivity index is 1.82. The van der Waals surface area contributed by atoms with Gasteiger partial charge in [0.1, 0.15) is 5.75 Å².